The molecule has 1 aromatic heterocycles. The lowest BCUT2D eigenvalue weighted by Crippen LogP contribution is -2.27. The predicted octanol–water partition coefficient (Wildman–Crippen LogP) is 1.26. The molecule has 0 saturated heterocycles. The van der Waals surface area contributed by atoms with Crippen LogP contribution >= 0.6 is 11.6 Å². The first-order valence-corrected chi connectivity index (χ1v) is 5.75. The van der Waals surface area contributed by atoms with E-state index in [1.54, 1.807) is 18.2 Å². The topological polar surface area (TPSA) is 85.8 Å². The Morgan fingerprint density at radius 1 is 1.44 bits per heavy atom. The maximum atomic E-state index is 11.8. The summed E-state index contributed by atoms with van der Waals surface area (Å²) in [5.74, 6) is 5.80. The Hall–Kier alpha value is -1.92. The molecule has 1 aromatic carbocycles. The Morgan fingerprint density at radius 3 is 2.83 bits per heavy atom. The molecular weight excluding hydrogens is 254 g/mol. The Bertz CT molecular complexity index is 625. The molecule has 0 amide bonds. The van der Waals surface area contributed by atoms with Gasteiger partial charge >= 0.3 is 5.69 Å². The number of nitrogens with two attached hydrogens (primary N) is 1. The maximum Gasteiger partial charge on any atom is 0.352 e. The largest absolute Gasteiger partial charge is 0.352 e. The molecule has 7 heteroatoms. The van der Waals surface area contributed by atoms with Crippen LogP contribution in [0.1, 0.15) is 6.92 Å². The van der Waals surface area contributed by atoms with Gasteiger partial charge in [0.05, 0.1) is 0 Å². The lowest BCUT2D eigenvalue weighted by atomic mass is 10.2. The third-order valence-electron chi connectivity index (χ3n) is 2.43. The monoisotopic (exact) mass is 265 g/mol. The highest BCUT2D eigenvalue weighted by Crippen LogP contribution is 2.20. The molecule has 18 heavy (non-hydrogen) atoms. The average molecular weight is 266 g/mol. The molecule has 0 bridgehead atoms. The summed E-state index contributed by atoms with van der Waals surface area (Å²) in [4.78, 5) is 19.7. The summed E-state index contributed by atoms with van der Waals surface area (Å²) in [6.07, 6.45) is 0. The van der Waals surface area contributed by atoms with Crippen molar-refractivity contribution in [3.63, 3.8) is 0 Å². The molecule has 0 unspecified atom stereocenters. The molecule has 6 nitrogen and oxygen atoms in total. The first-order chi connectivity index (χ1) is 8.65. The predicted molar refractivity (Wildman–Crippen MR) is 70.2 cm³/mol. The molecule has 2 aromatic rings. The molecule has 0 spiro atoms. The highest BCUT2D eigenvalue weighted by molar-refractivity contribution is 6.30. The van der Waals surface area contributed by atoms with Crippen molar-refractivity contribution in [3.05, 3.63) is 39.8 Å². The summed E-state index contributed by atoms with van der Waals surface area (Å²) in [5, 5.41) is 0.573. The van der Waals surface area contributed by atoms with E-state index in [2.05, 4.69) is 15.4 Å². The second kappa shape index (κ2) is 5.16. The smallest absolute Gasteiger partial charge is 0.292 e. The number of rotatable bonds is 3. The van der Waals surface area contributed by atoms with E-state index >= 15 is 0 Å². The molecule has 0 aliphatic carbocycles. The zero-order valence-electron chi connectivity index (χ0n) is 9.72. The minimum absolute atomic E-state index is 0.0830. The number of hydrazine groups is 1. The van der Waals surface area contributed by atoms with Gasteiger partial charge in [-0.15, -0.1) is 0 Å². The van der Waals surface area contributed by atoms with Gasteiger partial charge in [0, 0.05) is 17.1 Å². The van der Waals surface area contributed by atoms with Gasteiger partial charge < -0.3 is 0 Å². The van der Waals surface area contributed by atoms with E-state index in [4.69, 9.17) is 17.4 Å². The van der Waals surface area contributed by atoms with Crippen LogP contribution in [0.3, 0.4) is 0 Å². The molecule has 3 N–H and O–H groups in total. The number of benzene rings is 1. The van der Waals surface area contributed by atoms with Crippen LogP contribution in [0.4, 0.5) is 5.95 Å². The van der Waals surface area contributed by atoms with Crippen molar-refractivity contribution in [2.75, 3.05) is 5.43 Å². The number of nitrogens with one attached hydrogen (secondary N) is 1. The van der Waals surface area contributed by atoms with E-state index < -0.39 is 5.69 Å². The van der Waals surface area contributed by atoms with Crippen molar-refractivity contribution in [1.82, 2.24) is 14.5 Å². The number of hydrogen-bond acceptors (Lipinski definition) is 5. The van der Waals surface area contributed by atoms with E-state index in [-0.39, 0.29) is 5.95 Å². The van der Waals surface area contributed by atoms with Gasteiger partial charge in [-0.25, -0.2) is 10.6 Å². The van der Waals surface area contributed by atoms with Gasteiger partial charge in [0.15, 0.2) is 0 Å². The molecule has 0 atom stereocenters. The maximum absolute atomic E-state index is 11.8. The van der Waals surface area contributed by atoms with Crippen molar-refractivity contribution in [1.29, 1.82) is 0 Å². The molecule has 2 rings (SSSR count). The highest BCUT2D eigenvalue weighted by Gasteiger charge is 2.10. The zero-order chi connectivity index (χ0) is 13.1. The quantitative estimate of drug-likeness (QED) is 0.645. The molecule has 1 heterocycles. The van der Waals surface area contributed by atoms with Crippen molar-refractivity contribution >= 4 is 17.5 Å². The van der Waals surface area contributed by atoms with Crippen molar-refractivity contribution in [2.45, 2.75) is 13.5 Å². The fourth-order valence-corrected chi connectivity index (χ4v) is 1.82. The Morgan fingerprint density at radius 2 is 2.22 bits per heavy atom. The molecule has 0 saturated carbocycles. The molecule has 0 fully saturated rings. The van der Waals surface area contributed by atoms with E-state index in [1.165, 1.54) is 4.57 Å². The van der Waals surface area contributed by atoms with E-state index in [1.807, 2.05) is 13.0 Å². The van der Waals surface area contributed by atoms with E-state index in [0.29, 0.717) is 17.4 Å². The number of aromatic nitrogens is 3. The second-order valence-electron chi connectivity index (χ2n) is 3.55. The normalized spacial score (nSPS) is 10.4. The third kappa shape index (κ3) is 2.34. The van der Waals surface area contributed by atoms with Crippen LogP contribution in [0.2, 0.25) is 5.02 Å². The lowest BCUT2D eigenvalue weighted by molar-refractivity contribution is 0.687. The molecular formula is C11H12ClN5O. The van der Waals surface area contributed by atoms with Crippen LogP contribution in [0.25, 0.3) is 11.4 Å². The van der Waals surface area contributed by atoms with Crippen LogP contribution in [0.5, 0.6) is 0 Å². The Balaban J connectivity index is 2.68. The number of nitrogens with zero attached hydrogens (tertiary/aromatic N) is 3. The molecule has 0 aliphatic rings. The van der Waals surface area contributed by atoms with Crippen LogP contribution in [0.15, 0.2) is 29.1 Å². The van der Waals surface area contributed by atoms with E-state index in [9.17, 15) is 4.79 Å². The molecule has 0 aliphatic heterocycles. The number of nitrogen functional groups attached to an aromatic ring is 1. The number of halogens is 1. The molecule has 94 valence electrons. The number of hydrogen-bond donors (Lipinski definition) is 2. The fourth-order valence-electron chi connectivity index (χ4n) is 1.62. The summed E-state index contributed by atoms with van der Waals surface area (Å²) in [6.45, 7) is 2.31. The standard InChI is InChI=1S/C11H12ClN5O/c1-2-17-9(7-4-3-5-8(12)6-7)14-10(16-13)15-11(17)18/h3-6H,2,13H2,1H3,(H,15,16,18). The second-order valence-corrected chi connectivity index (χ2v) is 3.99. The lowest BCUT2D eigenvalue weighted by Gasteiger charge is -2.10. The first-order valence-electron chi connectivity index (χ1n) is 5.37. The first kappa shape index (κ1) is 12.5. The molecule has 0 radical (unpaired) electrons. The Labute approximate surface area is 108 Å². The summed E-state index contributed by atoms with van der Waals surface area (Å²) < 4.78 is 1.45. The Kier molecular flexibility index (Phi) is 3.59. The van der Waals surface area contributed by atoms with Crippen molar-refractivity contribution in [2.24, 2.45) is 5.84 Å². The summed E-state index contributed by atoms with van der Waals surface area (Å²) in [6, 6.07) is 7.10. The minimum atomic E-state index is -0.407. The minimum Gasteiger partial charge on any atom is -0.292 e. The fraction of sp³-hybridized carbons (Fsp3) is 0.182. The van der Waals surface area contributed by atoms with Gasteiger partial charge in [-0.2, -0.15) is 9.97 Å². The van der Waals surface area contributed by atoms with Gasteiger partial charge in [0.25, 0.3) is 0 Å². The highest BCUT2D eigenvalue weighted by atomic mass is 35.5. The van der Waals surface area contributed by atoms with Gasteiger partial charge in [0.2, 0.25) is 5.95 Å². The van der Waals surface area contributed by atoms with Gasteiger partial charge in [-0.1, -0.05) is 23.7 Å². The third-order valence-corrected chi connectivity index (χ3v) is 2.66. The van der Waals surface area contributed by atoms with Gasteiger partial charge in [-0.05, 0) is 19.1 Å². The zero-order valence-corrected chi connectivity index (χ0v) is 10.5. The SMILES string of the molecule is CCn1c(-c2cccc(Cl)c2)nc(NN)nc1=O. The average Bonchev–Trinajstić information content (AvgIpc) is 2.37. The van der Waals surface area contributed by atoms with Crippen LogP contribution in [0, 0.1) is 0 Å². The van der Waals surface area contributed by atoms with Crippen LogP contribution < -0.4 is 17.0 Å². The van der Waals surface area contributed by atoms with Crippen molar-refractivity contribution < 1.29 is 0 Å². The van der Waals surface area contributed by atoms with E-state index in [0.717, 1.165) is 5.56 Å². The summed E-state index contributed by atoms with van der Waals surface area (Å²) >= 11 is 5.93. The summed E-state index contributed by atoms with van der Waals surface area (Å²) in [5.41, 5.74) is 2.60. The van der Waals surface area contributed by atoms with Crippen LogP contribution in [-0.2, 0) is 6.54 Å². The van der Waals surface area contributed by atoms with Gasteiger partial charge in [0.1, 0.15) is 5.82 Å². The number of anilines is 1. The summed E-state index contributed by atoms with van der Waals surface area (Å²) in [7, 11) is 0. The van der Waals surface area contributed by atoms with Gasteiger partial charge in [-0.3, -0.25) is 9.99 Å². The van der Waals surface area contributed by atoms with Crippen molar-refractivity contribution in [3.8, 4) is 11.4 Å². The van der Waals surface area contributed by atoms with Crippen LogP contribution in [-0.4, -0.2) is 14.5 Å².